The number of hydrogen-bond acceptors (Lipinski definition) is 8. The van der Waals surface area contributed by atoms with Crippen LogP contribution in [-0.2, 0) is 28.0 Å². The number of carboxylic acids is 2. The molecule has 1 unspecified atom stereocenters. The Kier molecular flexibility index (Phi) is 11.1. The first-order chi connectivity index (χ1) is 23.8. The van der Waals surface area contributed by atoms with E-state index >= 15 is 0 Å². The van der Waals surface area contributed by atoms with Crippen LogP contribution in [0.5, 0.6) is 5.75 Å². The smallest absolute Gasteiger partial charge is 0.335 e. The van der Waals surface area contributed by atoms with E-state index in [0.29, 0.717) is 48.7 Å². The Labute approximate surface area is 290 Å². The summed E-state index contributed by atoms with van der Waals surface area (Å²) in [4.78, 5) is 37.2. The minimum absolute atomic E-state index is 0.0140. The van der Waals surface area contributed by atoms with Crippen LogP contribution in [0.15, 0.2) is 60.7 Å². The topological polar surface area (TPSA) is 173 Å². The largest absolute Gasteiger partial charge is 0.489 e. The monoisotopic (exact) mass is 706 g/mol. The molecule has 0 spiro atoms. The van der Waals surface area contributed by atoms with Crippen LogP contribution in [0, 0.1) is 10.1 Å². The summed E-state index contributed by atoms with van der Waals surface area (Å²) in [6, 6.07) is 16.6. The van der Waals surface area contributed by atoms with Crippen molar-refractivity contribution in [2.45, 2.75) is 58.6 Å². The highest BCUT2D eigenvalue weighted by Crippen LogP contribution is 2.42. The number of aromatic nitrogens is 1. The van der Waals surface area contributed by atoms with Crippen LogP contribution in [0.2, 0.25) is 0 Å². The van der Waals surface area contributed by atoms with Crippen molar-refractivity contribution in [2.75, 3.05) is 37.3 Å². The number of nitro benzene ring substituents is 1. The zero-order chi connectivity index (χ0) is 36.2. The van der Waals surface area contributed by atoms with Gasteiger partial charge in [-0.05, 0) is 72.4 Å². The lowest BCUT2D eigenvalue weighted by Gasteiger charge is -2.35. The number of benzene rings is 3. The zero-order valence-corrected chi connectivity index (χ0v) is 29.2. The van der Waals surface area contributed by atoms with Crippen LogP contribution in [-0.4, -0.2) is 76.8 Å². The Morgan fingerprint density at radius 3 is 2.26 bits per heavy atom. The Hall–Kier alpha value is -4.95. The van der Waals surface area contributed by atoms with Gasteiger partial charge in [0.1, 0.15) is 18.9 Å². The molecule has 2 N–H and O–H groups in total. The molecule has 1 fully saturated rings. The molecule has 1 aromatic heterocycles. The number of piperazine rings is 1. The summed E-state index contributed by atoms with van der Waals surface area (Å²) in [6.07, 6.45) is 4.86. The van der Waals surface area contributed by atoms with E-state index in [9.17, 15) is 38.3 Å². The number of carbonyl (C=O) groups is 2. The van der Waals surface area contributed by atoms with Crippen molar-refractivity contribution in [1.82, 2.24) is 8.87 Å². The number of nitrogens with zero attached hydrogens (tertiary/aromatic N) is 4. The molecule has 1 aliphatic rings. The van der Waals surface area contributed by atoms with E-state index in [1.54, 1.807) is 34.9 Å². The lowest BCUT2D eigenvalue weighted by molar-refractivity contribution is -0.384. The van der Waals surface area contributed by atoms with E-state index in [2.05, 4.69) is 13.8 Å². The highest BCUT2D eigenvalue weighted by Gasteiger charge is 2.27. The minimum Gasteiger partial charge on any atom is -0.489 e. The quantitative estimate of drug-likeness (QED) is 0.105. The van der Waals surface area contributed by atoms with Crippen LogP contribution >= 0.6 is 0 Å². The lowest BCUT2D eigenvalue weighted by Crippen LogP contribution is -2.48. The molecule has 0 aliphatic carbocycles. The van der Waals surface area contributed by atoms with Gasteiger partial charge in [-0.25, -0.2) is 13.2 Å². The summed E-state index contributed by atoms with van der Waals surface area (Å²) < 4.78 is 33.3. The second-order valence-electron chi connectivity index (χ2n) is 12.6. The van der Waals surface area contributed by atoms with Crippen molar-refractivity contribution in [3.05, 3.63) is 87.5 Å². The van der Waals surface area contributed by atoms with E-state index in [0.717, 1.165) is 47.9 Å². The van der Waals surface area contributed by atoms with Gasteiger partial charge < -0.3 is 24.4 Å². The first-order valence-corrected chi connectivity index (χ1v) is 18.5. The van der Waals surface area contributed by atoms with Gasteiger partial charge in [0.2, 0.25) is 10.0 Å². The molecule has 1 atom stereocenters. The SMILES string of the molecule is CCCCC(CC)c1c(-c2ccc(OCc3cc([N+](=O)[O-])ccc3N3CCN(S(C)(=O)=O)CC3)cc2)n(CC(=O)O)c2cc(C(=O)O)ccc12. The number of sulfonamides is 1. The van der Waals surface area contributed by atoms with Gasteiger partial charge in [0.25, 0.3) is 5.69 Å². The number of non-ortho nitro benzene ring substituents is 1. The molecule has 14 heteroatoms. The molecule has 3 aromatic carbocycles. The Morgan fingerprint density at radius 2 is 1.68 bits per heavy atom. The van der Waals surface area contributed by atoms with Gasteiger partial charge in [0, 0.05) is 54.9 Å². The molecule has 2 heterocycles. The number of ether oxygens (including phenoxy) is 1. The fraction of sp³-hybridized carbons (Fsp3) is 0.389. The van der Waals surface area contributed by atoms with E-state index in [-0.39, 0.29) is 30.3 Å². The van der Waals surface area contributed by atoms with Crippen molar-refractivity contribution < 1.29 is 37.9 Å². The molecule has 0 radical (unpaired) electrons. The minimum atomic E-state index is -3.33. The maximum atomic E-state index is 12.1. The predicted molar refractivity (Wildman–Crippen MR) is 191 cm³/mol. The third kappa shape index (κ3) is 7.92. The van der Waals surface area contributed by atoms with Crippen LogP contribution in [0.3, 0.4) is 0 Å². The van der Waals surface area contributed by atoms with E-state index in [4.69, 9.17) is 4.74 Å². The number of aliphatic carboxylic acids is 1. The molecule has 50 heavy (non-hydrogen) atoms. The summed E-state index contributed by atoms with van der Waals surface area (Å²) in [6.45, 7) is 5.32. The Morgan fingerprint density at radius 1 is 0.980 bits per heavy atom. The number of fused-ring (bicyclic) bond motifs is 1. The number of hydrogen-bond donors (Lipinski definition) is 2. The number of nitro groups is 1. The van der Waals surface area contributed by atoms with Crippen molar-refractivity contribution in [3.63, 3.8) is 0 Å². The van der Waals surface area contributed by atoms with Gasteiger partial charge >= 0.3 is 11.9 Å². The molecule has 0 bridgehead atoms. The molecule has 266 valence electrons. The van der Waals surface area contributed by atoms with E-state index < -0.39 is 26.9 Å². The van der Waals surface area contributed by atoms with Crippen molar-refractivity contribution >= 4 is 44.2 Å². The molecule has 5 rings (SSSR count). The summed E-state index contributed by atoms with van der Waals surface area (Å²) in [5.74, 6) is -1.55. The molecule has 1 saturated heterocycles. The van der Waals surface area contributed by atoms with Gasteiger partial charge in [0.15, 0.2) is 0 Å². The molecular formula is C36H42N4O9S. The van der Waals surface area contributed by atoms with Crippen molar-refractivity contribution in [1.29, 1.82) is 0 Å². The van der Waals surface area contributed by atoms with Gasteiger partial charge in [0.05, 0.1) is 28.0 Å². The normalized spacial score (nSPS) is 14.5. The average Bonchev–Trinajstić information content (AvgIpc) is 3.39. The highest BCUT2D eigenvalue weighted by atomic mass is 32.2. The zero-order valence-electron chi connectivity index (χ0n) is 28.4. The molecule has 0 saturated carbocycles. The van der Waals surface area contributed by atoms with Crippen LogP contribution in [0.1, 0.15) is 66.9 Å². The van der Waals surface area contributed by atoms with Crippen LogP contribution < -0.4 is 9.64 Å². The van der Waals surface area contributed by atoms with E-state index in [1.807, 2.05) is 17.0 Å². The summed E-state index contributed by atoms with van der Waals surface area (Å²) in [5.41, 5.74) is 4.28. The maximum Gasteiger partial charge on any atom is 0.335 e. The highest BCUT2D eigenvalue weighted by molar-refractivity contribution is 7.88. The summed E-state index contributed by atoms with van der Waals surface area (Å²) in [5, 5.41) is 32.1. The number of carboxylic acid groups (broad SMARTS) is 2. The van der Waals surface area contributed by atoms with Gasteiger partial charge in [-0.1, -0.05) is 32.8 Å². The van der Waals surface area contributed by atoms with E-state index in [1.165, 1.54) is 28.8 Å². The van der Waals surface area contributed by atoms with Gasteiger partial charge in [-0.15, -0.1) is 0 Å². The summed E-state index contributed by atoms with van der Waals surface area (Å²) >= 11 is 0. The number of anilines is 1. The van der Waals surface area contributed by atoms with Crippen molar-refractivity contribution in [3.8, 4) is 17.0 Å². The first-order valence-electron chi connectivity index (χ1n) is 16.6. The number of rotatable bonds is 15. The average molecular weight is 707 g/mol. The fourth-order valence-corrected chi connectivity index (χ4v) is 7.60. The predicted octanol–water partition coefficient (Wildman–Crippen LogP) is 6.34. The van der Waals surface area contributed by atoms with Crippen LogP contribution in [0.4, 0.5) is 11.4 Å². The van der Waals surface area contributed by atoms with Gasteiger partial charge in [-0.3, -0.25) is 14.9 Å². The van der Waals surface area contributed by atoms with Crippen LogP contribution in [0.25, 0.3) is 22.2 Å². The standard InChI is InChI=1S/C36H42N4O9S/c1-4-6-7-24(5-2)34-30-14-10-26(36(43)44)21-32(30)39(22-33(41)42)35(34)25-8-12-29(13-9-25)49-23-27-20-28(40(45)46)11-15-31(27)37-16-18-38(19-17-37)50(3,47)48/h8-15,20-21,24H,4-7,16-19,22-23H2,1-3H3,(H,41,42)(H,43,44). The Bertz CT molecular complexity index is 2000. The third-order valence-corrected chi connectivity index (χ3v) is 10.6. The summed E-state index contributed by atoms with van der Waals surface area (Å²) in [7, 11) is -3.33. The number of unbranched alkanes of at least 4 members (excludes halogenated alkanes) is 1. The number of aromatic carboxylic acids is 1. The fourth-order valence-electron chi connectivity index (χ4n) is 6.78. The van der Waals surface area contributed by atoms with Crippen molar-refractivity contribution in [2.24, 2.45) is 0 Å². The molecule has 13 nitrogen and oxygen atoms in total. The lowest BCUT2D eigenvalue weighted by atomic mass is 9.87. The second kappa shape index (κ2) is 15.3. The van der Waals surface area contributed by atoms with Gasteiger partial charge in [-0.2, -0.15) is 4.31 Å². The molecule has 1 aliphatic heterocycles. The maximum absolute atomic E-state index is 12.1. The third-order valence-electron chi connectivity index (χ3n) is 9.30. The molecule has 4 aromatic rings. The first kappa shape index (κ1) is 36.3. The Balaban J connectivity index is 1.49. The molecular weight excluding hydrogens is 664 g/mol. The molecule has 0 amide bonds. The second-order valence-corrected chi connectivity index (χ2v) is 14.5.